The van der Waals surface area contributed by atoms with Crippen molar-refractivity contribution < 1.29 is 19.7 Å². The average molecular weight is 371 g/mol. The van der Waals surface area contributed by atoms with Crippen molar-refractivity contribution in [1.82, 2.24) is 4.90 Å². The first-order chi connectivity index (χ1) is 13.2. The molecule has 1 saturated heterocycles. The van der Waals surface area contributed by atoms with Gasteiger partial charge in [-0.2, -0.15) is 0 Å². The molecule has 5 nitrogen and oxygen atoms in total. The Kier molecular flexibility index (Phi) is 7.38. The van der Waals surface area contributed by atoms with Crippen molar-refractivity contribution in [2.24, 2.45) is 5.41 Å². The molecule has 2 aromatic rings. The Labute approximate surface area is 161 Å². The summed E-state index contributed by atoms with van der Waals surface area (Å²) in [6, 6.07) is 20.1. The number of benzene rings is 2. The fourth-order valence-corrected chi connectivity index (χ4v) is 3.36. The standard InChI is InChI=1S/C22H29NO4/c24-16-22(17-27-18-22)15-23(11-19-7-3-1-4-8-19)12-21(25)14-26-13-20-9-5-2-6-10-20/h1-10,21,24-25H,11-18H2/t21-/m0/s1. The van der Waals surface area contributed by atoms with Crippen molar-refractivity contribution in [2.75, 3.05) is 39.5 Å². The van der Waals surface area contributed by atoms with Gasteiger partial charge in [0.25, 0.3) is 0 Å². The molecule has 0 spiro atoms. The van der Waals surface area contributed by atoms with Gasteiger partial charge >= 0.3 is 0 Å². The average Bonchev–Trinajstić information content (AvgIpc) is 2.66. The highest BCUT2D eigenvalue weighted by Crippen LogP contribution is 2.28. The molecule has 146 valence electrons. The van der Waals surface area contributed by atoms with Crippen LogP contribution >= 0.6 is 0 Å². The van der Waals surface area contributed by atoms with Crippen LogP contribution in [0.4, 0.5) is 0 Å². The third kappa shape index (κ3) is 6.13. The highest BCUT2D eigenvalue weighted by atomic mass is 16.5. The maximum atomic E-state index is 10.5. The molecule has 5 heteroatoms. The monoisotopic (exact) mass is 371 g/mol. The molecule has 1 heterocycles. The maximum absolute atomic E-state index is 10.5. The van der Waals surface area contributed by atoms with Crippen molar-refractivity contribution in [3.05, 3.63) is 71.8 Å². The lowest BCUT2D eigenvalue weighted by atomic mass is 9.86. The lowest BCUT2D eigenvalue weighted by molar-refractivity contribution is -0.151. The summed E-state index contributed by atoms with van der Waals surface area (Å²) in [5.41, 5.74) is 2.05. The summed E-state index contributed by atoms with van der Waals surface area (Å²) in [5, 5.41) is 20.2. The lowest BCUT2D eigenvalue weighted by Crippen LogP contribution is -2.54. The zero-order valence-electron chi connectivity index (χ0n) is 15.7. The summed E-state index contributed by atoms with van der Waals surface area (Å²) in [7, 11) is 0. The van der Waals surface area contributed by atoms with E-state index in [9.17, 15) is 10.2 Å². The van der Waals surface area contributed by atoms with Gasteiger partial charge in [0.1, 0.15) is 0 Å². The maximum Gasteiger partial charge on any atom is 0.0900 e. The Balaban J connectivity index is 1.53. The number of hydrogen-bond acceptors (Lipinski definition) is 5. The molecule has 0 unspecified atom stereocenters. The van der Waals surface area contributed by atoms with Crippen molar-refractivity contribution >= 4 is 0 Å². The second-order valence-electron chi connectivity index (χ2n) is 7.46. The van der Waals surface area contributed by atoms with Gasteiger partial charge in [-0.25, -0.2) is 0 Å². The van der Waals surface area contributed by atoms with Crippen LogP contribution in [-0.4, -0.2) is 60.7 Å². The fraction of sp³-hybridized carbons (Fsp3) is 0.455. The van der Waals surface area contributed by atoms with Gasteiger partial charge in [0.05, 0.1) is 44.6 Å². The van der Waals surface area contributed by atoms with E-state index in [1.54, 1.807) is 0 Å². The van der Waals surface area contributed by atoms with Crippen LogP contribution in [0.15, 0.2) is 60.7 Å². The third-order valence-corrected chi connectivity index (χ3v) is 4.85. The summed E-state index contributed by atoms with van der Waals surface area (Å²) in [4.78, 5) is 2.19. The number of aliphatic hydroxyl groups excluding tert-OH is 2. The second-order valence-corrected chi connectivity index (χ2v) is 7.46. The Bertz CT molecular complexity index is 655. The minimum atomic E-state index is -0.589. The molecule has 3 rings (SSSR count). The largest absolute Gasteiger partial charge is 0.396 e. The SMILES string of the molecule is OCC1(CN(Cc2ccccc2)C[C@H](O)COCc2ccccc2)COC1. The molecular weight excluding hydrogens is 342 g/mol. The van der Waals surface area contributed by atoms with Gasteiger partial charge in [-0.15, -0.1) is 0 Å². The Morgan fingerprint density at radius 1 is 1.00 bits per heavy atom. The summed E-state index contributed by atoms with van der Waals surface area (Å²) in [5.74, 6) is 0. The van der Waals surface area contributed by atoms with E-state index >= 15 is 0 Å². The van der Waals surface area contributed by atoms with Gasteiger partial charge in [0.2, 0.25) is 0 Å². The highest BCUT2D eigenvalue weighted by Gasteiger charge is 2.39. The smallest absolute Gasteiger partial charge is 0.0900 e. The second kappa shape index (κ2) is 9.97. The predicted octanol–water partition coefficient (Wildman–Crippen LogP) is 2.08. The molecule has 27 heavy (non-hydrogen) atoms. The fourth-order valence-electron chi connectivity index (χ4n) is 3.36. The van der Waals surface area contributed by atoms with E-state index < -0.39 is 6.10 Å². The van der Waals surface area contributed by atoms with E-state index in [4.69, 9.17) is 9.47 Å². The third-order valence-electron chi connectivity index (χ3n) is 4.85. The summed E-state index contributed by atoms with van der Waals surface area (Å²) < 4.78 is 11.0. The summed E-state index contributed by atoms with van der Waals surface area (Å²) >= 11 is 0. The van der Waals surface area contributed by atoms with E-state index in [0.29, 0.717) is 32.9 Å². The van der Waals surface area contributed by atoms with Crippen LogP contribution in [0, 0.1) is 5.41 Å². The lowest BCUT2D eigenvalue weighted by Gasteiger charge is -2.43. The van der Waals surface area contributed by atoms with Gasteiger partial charge in [-0.05, 0) is 11.1 Å². The molecular formula is C22H29NO4. The Morgan fingerprint density at radius 2 is 1.63 bits per heavy atom. The molecule has 0 saturated carbocycles. The molecule has 0 aliphatic carbocycles. The minimum Gasteiger partial charge on any atom is -0.396 e. The quantitative estimate of drug-likeness (QED) is 0.633. The van der Waals surface area contributed by atoms with Crippen molar-refractivity contribution in [3.63, 3.8) is 0 Å². The minimum absolute atomic E-state index is 0.0961. The Hall–Kier alpha value is -1.76. The van der Waals surface area contributed by atoms with Crippen molar-refractivity contribution in [3.8, 4) is 0 Å². The van der Waals surface area contributed by atoms with Crippen LogP contribution in [0.3, 0.4) is 0 Å². The first-order valence-corrected chi connectivity index (χ1v) is 9.44. The van der Waals surface area contributed by atoms with Gasteiger partial charge in [-0.1, -0.05) is 60.7 Å². The molecule has 1 fully saturated rings. The van der Waals surface area contributed by atoms with E-state index in [-0.39, 0.29) is 18.6 Å². The first kappa shape index (κ1) is 20.0. The number of rotatable bonds is 11. The van der Waals surface area contributed by atoms with Crippen LogP contribution in [0.2, 0.25) is 0 Å². The van der Waals surface area contributed by atoms with Crippen molar-refractivity contribution in [1.29, 1.82) is 0 Å². The van der Waals surface area contributed by atoms with E-state index in [1.165, 1.54) is 5.56 Å². The van der Waals surface area contributed by atoms with Crippen LogP contribution in [-0.2, 0) is 22.6 Å². The number of ether oxygens (including phenoxy) is 2. The zero-order chi connectivity index (χ0) is 19.0. The molecule has 1 aliphatic rings. The molecule has 1 atom stereocenters. The number of hydrogen-bond donors (Lipinski definition) is 2. The van der Waals surface area contributed by atoms with E-state index in [1.807, 2.05) is 48.5 Å². The van der Waals surface area contributed by atoms with Gasteiger partial charge in [0.15, 0.2) is 0 Å². The van der Waals surface area contributed by atoms with Gasteiger partial charge < -0.3 is 19.7 Å². The van der Waals surface area contributed by atoms with Crippen LogP contribution in [0.25, 0.3) is 0 Å². The molecule has 1 aliphatic heterocycles. The predicted molar refractivity (Wildman–Crippen MR) is 104 cm³/mol. The summed E-state index contributed by atoms with van der Waals surface area (Å²) in [6.45, 7) is 3.90. The molecule has 2 N–H and O–H groups in total. The first-order valence-electron chi connectivity index (χ1n) is 9.44. The zero-order valence-corrected chi connectivity index (χ0v) is 15.7. The van der Waals surface area contributed by atoms with E-state index in [0.717, 1.165) is 12.1 Å². The van der Waals surface area contributed by atoms with Gasteiger partial charge in [0, 0.05) is 19.6 Å². The Morgan fingerprint density at radius 3 is 2.19 bits per heavy atom. The topological polar surface area (TPSA) is 62.2 Å². The number of aliphatic hydroxyl groups is 2. The van der Waals surface area contributed by atoms with Crippen LogP contribution < -0.4 is 0 Å². The molecule has 0 radical (unpaired) electrons. The number of nitrogens with zero attached hydrogens (tertiary/aromatic N) is 1. The van der Waals surface area contributed by atoms with E-state index in [2.05, 4.69) is 17.0 Å². The molecule has 2 aromatic carbocycles. The summed E-state index contributed by atoms with van der Waals surface area (Å²) in [6.07, 6.45) is -0.589. The van der Waals surface area contributed by atoms with Crippen LogP contribution in [0.5, 0.6) is 0 Å². The molecule has 0 bridgehead atoms. The van der Waals surface area contributed by atoms with Gasteiger partial charge in [-0.3, -0.25) is 4.90 Å². The highest BCUT2D eigenvalue weighted by molar-refractivity contribution is 5.15. The molecule has 0 aromatic heterocycles. The normalized spacial score (nSPS) is 16.9. The van der Waals surface area contributed by atoms with Crippen molar-refractivity contribution in [2.45, 2.75) is 19.3 Å². The molecule has 0 amide bonds. The van der Waals surface area contributed by atoms with Crippen LogP contribution in [0.1, 0.15) is 11.1 Å².